The second kappa shape index (κ2) is 6.63. The van der Waals surface area contributed by atoms with E-state index < -0.39 is 0 Å². The largest absolute Gasteiger partial charge is 0.513 e. The first-order valence-electron chi connectivity index (χ1n) is 5.73. The molecule has 0 fully saturated rings. The second-order valence-corrected chi connectivity index (χ2v) is 4.67. The number of nitrogens with zero attached hydrogens (tertiary/aromatic N) is 2. The van der Waals surface area contributed by atoms with Gasteiger partial charge in [-0.3, -0.25) is 4.79 Å². The standard InChI is InChI=1S/C14H12N2O3S/c1-19-11-6-4-10(5-7-11)15-16-12(9-17)14(18)13-3-2-8-20-13/h2-9,17H,1H3/b12-9-,16-15?. The van der Waals surface area contributed by atoms with Gasteiger partial charge in [-0.05, 0) is 35.7 Å². The summed E-state index contributed by atoms with van der Waals surface area (Å²) in [5, 5.41) is 18.6. The molecule has 102 valence electrons. The normalized spacial score (nSPS) is 11.8. The van der Waals surface area contributed by atoms with Gasteiger partial charge in [0.15, 0.2) is 5.70 Å². The third kappa shape index (κ3) is 3.30. The van der Waals surface area contributed by atoms with E-state index in [0.29, 0.717) is 22.6 Å². The Hall–Kier alpha value is -2.47. The Kier molecular flexibility index (Phi) is 4.62. The van der Waals surface area contributed by atoms with Crippen molar-refractivity contribution >= 4 is 22.8 Å². The number of azo groups is 1. The smallest absolute Gasteiger partial charge is 0.226 e. The van der Waals surface area contributed by atoms with Crippen LogP contribution < -0.4 is 4.74 Å². The van der Waals surface area contributed by atoms with Gasteiger partial charge in [0.1, 0.15) is 12.0 Å². The maximum Gasteiger partial charge on any atom is 0.226 e. The lowest BCUT2D eigenvalue weighted by Gasteiger charge is -1.99. The molecule has 2 rings (SSSR count). The zero-order valence-electron chi connectivity index (χ0n) is 10.7. The average molecular weight is 288 g/mol. The Labute approximate surface area is 119 Å². The van der Waals surface area contributed by atoms with Gasteiger partial charge in [0, 0.05) is 0 Å². The fourth-order valence-electron chi connectivity index (χ4n) is 1.42. The summed E-state index contributed by atoms with van der Waals surface area (Å²) in [5.74, 6) is 0.344. The summed E-state index contributed by atoms with van der Waals surface area (Å²) in [6.45, 7) is 0. The number of carbonyl (C=O) groups is 1. The van der Waals surface area contributed by atoms with E-state index in [9.17, 15) is 4.79 Å². The molecule has 1 heterocycles. The molecule has 5 nitrogen and oxygen atoms in total. The first kappa shape index (κ1) is 14.0. The van der Waals surface area contributed by atoms with Gasteiger partial charge in [-0.25, -0.2) is 0 Å². The van der Waals surface area contributed by atoms with Crippen LogP contribution in [0.3, 0.4) is 0 Å². The van der Waals surface area contributed by atoms with Crippen LogP contribution in [0.25, 0.3) is 0 Å². The van der Waals surface area contributed by atoms with E-state index in [0.717, 1.165) is 0 Å². The van der Waals surface area contributed by atoms with Crippen molar-refractivity contribution in [3.63, 3.8) is 0 Å². The maximum atomic E-state index is 12.0. The lowest BCUT2D eigenvalue weighted by atomic mass is 10.2. The number of hydrogen-bond donors (Lipinski definition) is 1. The highest BCUT2D eigenvalue weighted by Gasteiger charge is 2.13. The van der Waals surface area contributed by atoms with Crippen LogP contribution in [0.4, 0.5) is 5.69 Å². The lowest BCUT2D eigenvalue weighted by molar-refractivity contribution is 0.103. The van der Waals surface area contributed by atoms with E-state index in [1.54, 1.807) is 48.9 Å². The quantitative estimate of drug-likeness (QED) is 0.389. The number of ether oxygens (including phenoxy) is 1. The van der Waals surface area contributed by atoms with Gasteiger partial charge in [0.05, 0.1) is 17.7 Å². The molecule has 0 saturated heterocycles. The average Bonchev–Trinajstić information content (AvgIpc) is 3.02. The molecule has 1 aromatic heterocycles. The summed E-state index contributed by atoms with van der Waals surface area (Å²) in [6.07, 6.45) is 0.662. The zero-order chi connectivity index (χ0) is 14.4. The summed E-state index contributed by atoms with van der Waals surface area (Å²) in [7, 11) is 1.57. The summed E-state index contributed by atoms with van der Waals surface area (Å²) in [4.78, 5) is 12.5. The Bertz CT molecular complexity index is 631. The fraction of sp³-hybridized carbons (Fsp3) is 0.0714. The third-order valence-corrected chi connectivity index (χ3v) is 3.31. The first-order valence-corrected chi connectivity index (χ1v) is 6.61. The van der Waals surface area contributed by atoms with E-state index in [4.69, 9.17) is 9.84 Å². The minimum atomic E-state index is -0.361. The second-order valence-electron chi connectivity index (χ2n) is 3.72. The highest BCUT2D eigenvalue weighted by Crippen LogP contribution is 2.20. The number of benzene rings is 1. The van der Waals surface area contributed by atoms with Crippen LogP contribution in [0.15, 0.2) is 64.0 Å². The van der Waals surface area contributed by atoms with E-state index in [1.165, 1.54) is 11.3 Å². The summed E-state index contributed by atoms with van der Waals surface area (Å²) >= 11 is 1.28. The van der Waals surface area contributed by atoms with Gasteiger partial charge in [-0.1, -0.05) is 6.07 Å². The van der Waals surface area contributed by atoms with Crippen LogP contribution in [0.1, 0.15) is 9.67 Å². The molecule has 0 unspecified atom stereocenters. The van der Waals surface area contributed by atoms with Crippen molar-refractivity contribution in [3.8, 4) is 5.75 Å². The summed E-state index contributed by atoms with van der Waals surface area (Å²) in [6, 6.07) is 10.3. The minimum absolute atomic E-state index is 0.108. The molecular weight excluding hydrogens is 276 g/mol. The number of aliphatic hydroxyl groups excluding tert-OH is 1. The Morgan fingerprint density at radius 3 is 2.60 bits per heavy atom. The minimum Gasteiger partial charge on any atom is -0.513 e. The number of rotatable bonds is 5. The van der Waals surface area contributed by atoms with Gasteiger partial charge in [0.25, 0.3) is 0 Å². The first-order chi connectivity index (χ1) is 9.74. The Balaban J connectivity index is 2.13. The van der Waals surface area contributed by atoms with Gasteiger partial charge in [0.2, 0.25) is 5.78 Å². The topological polar surface area (TPSA) is 71.2 Å². The van der Waals surface area contributed by atoms with Gasteiger partial charge in [-0.15, -0.1) is 16.5 Å². The number of Topliss-reactive ketones (excluding diaryl/α,β-unsaturated/α-hetero) is 1. The highest BCUT2D eigenvalue weighted by atomic mass is 32.1. The molecule has 0 bridgehead atoms. The van der Waals surface area contributed by atoms with Crippen LogP contribution in [0, 0.1) is 0 Å². The van der Waals surface area contributed by atoms with Crippen LogP contribution in [-0.2, 0) is 0 Å². The molecule has 2 aromatic rings. The zero-order valence-corrected chi connectivity index (χ0v) is 11.5. The van der Waals surface area contributed by atoms with E-state index in [1.807, 2.05) is 0 Å². The molecule has 0 spiro atoms. The maximum absolute atomic E-state index is 12.0. The molecule has 6 heteroatoms. The molecule has 0 radical (unpaired) electrons. The molecular formula is C14H12N2O3S. The molecule has 0 aliphatic carbocycles. The van der Waals surface area contributed by atoms with Crippen molar-refractivity contribution in [2.45, 2.75) is 0 Å². The molecule has 0 amide bonds. The third-order valence-electron chi connectivity index (χ3n) is 2.45. The monoisotopic (exact) mass is 288 g/mol. The van der Waals surface area contributed by atoms with E-state index >= 15 is 0 Å². The summed E-state index contributed by atoms with van der Waals surface area (Å²) in [5.41, 5.74) is 0.451. The fourth-order valence-corrected chi connectivity index (χ4v) is 2.10. The molecule has 0 saturated carbocycles. The highest BCUT2D eigenvalue weighted by molar-refractivity contribution is 7.12. The van der Waals surface area contributed by atoms with E-state index in [-0.39, 0.29) is 11.5 Å². The predicted octanol–water partition coefficient (Wildman–Crippen LogP) is 4.12. The van der Waals surface area contributed by atoms with Gasteiger partial charge >= 0.3 is 0 Å². The van der Waals surface area contributed by atoms with Crippen molar-refractivity contribution in [1.82, 2.24) is 0 Å². The van der Waals surface area contributed by atoms with Crippen molar-refractivity contribution in [3.05, 3.63) is 58.6 Å². The molecule has 1 N–H and O–H groups in total. The predicted molar refractivity (Wildman–Crippen MR) is 76.9 cm³/mol. The van der Waals surface area contributed by atoms with Crippen molar-refractivity contribution < 1.29 is 14.6 Å². The van der Waals surface area contributed by atoms with Crippen molar-refractivity contribution in [2.24, 2.45) is 10.2 Å². The number of ketones is 1. The summed E-state index contributed by atoms with van der Waals surface area (Å²) < 4.78 is 5.03. The van der Waals surface area contributed by atoms with E-state index in [2.05, 4.69) is 10.2 Å². The van der Waals surface area contributed by atoms with Crippen molar-refractivity contribution in [1.29, 1.82) is 0 Å². The number of aliphatic hydroxyl groups is 1. The van der Waals surface area contributed by atoms with Crippen LogP contribution in [0.5, 0.6) is 5.75 Å². The lowest BCUT2D eigenvalue weighted by Crippen LogP contribution is -1.98. The van der Waals surface area contributed by atoms with Crippen molar-refractivity contribution in [2.75, 3.05) is 7.11 Å². The number of allylic oxidation sites excluding steroid dienone is 1. The SMILES string of the molecule is COc1ccc(N=N/C(=C\O)C(=O)c2cccs2)cc1. The molecule has 0 aliphatic rings. The Morgan fingerprint density at radius 1 is 1.30 bits per heavy atom. The van der Waals surface area contributed by atoms with Crippen LogP contribution in [-0.4, -0.2) is 18.0 Å². The number of thiophene rings is 1. The molecule has 0 aliphatic heterocycles. The van der Waals surface area contributed by atoms with Gasteiger partial charge in [-0.2, -0.15) is 5.11 Å². The van der Waals surface area contributed by atoms with Crippen LogP contribution >= 0.6 is 11.3 Å². The van der Waals surface area contributed by atoms with Crippen LogP contribution in [0.2, 0.25) is 0 Å². The molecule has 0 atom stereocenters. The number of methoxy groups -OCH3 is 1. The molecule has 20 heavy (non-hydrogen) atoms. The number of hydrogen-bond acceptors (Lipinski definition) is 6. The number of carbonyl (C=O) groups excluding carboxylic acids is 1. The molecule has 1 aromatic carbocycles. The van der Waals surface area contributed by atoms with Gasteiger partial charge < -0.3 is 9.84 Å². The Morgan fingerprint density at radius 2 is 2.05 bits per heavy atom.